The predicted molar refractivity (Wildman–Crippen MR) is 65.2 cm³/mol. The summed E-state index contributed by atoms with van der Waals surface area (Å²) in [5.74, 6) is -1.23. The molecule has 2 rings (SSSR count). The summed E-state index contributed by atoms with van der Waals surface area (Å²) < 4.78 is 18.8. The van der Waals surface area contributed by atoms with Crippen molar-refractivity contribution in [2.24, 2.45) is 5.41 Å². The van der Waals surface area contributed by atoms with E-state index in [4.69, 9.17) is 4.74 Å². The summed E-state index contributed by atoms with van der Waals surface area (Å²) >= 11 is 0. The van der Waals surface area contributed by atoms with Gasteiger partial charge in [-0.15, -0.1) is 0 Å². The Labute approximate surface area is 105 Å². The molecule has 0 amide bonds. The molecule has 1 unspecified atom stereocenters. The highest BCUT2D eigenvalue weighted by atomic mass is 19.1. The van der Waals surface area contributed by atoms with Crippen LogP contribution in [-0.4, -0.2) is 37.9 Å². The van der Waals surface area contributed by atoms with Crippen LogP contribution in [-0.2, 0) is 9.53 Å². The highest BCUT2D eigenvalue weighted by Crippen LogP contribution is 2.31. The number of nitrogens with zero attached hydrogens (tertiary/aromatic N) is 1. The molecule has 0 radical (unpaired) electrons. The molecule has 1 aromatic carbocycles. The number of aliphatic carboxylic acids is 1. The Bertz CT molecular complexity index is 444. The van der Waals surface area contributed by atoms with Gasteiger partial charge in [-0.1, -0.05) is 12.1 Å². The van der Waals surface area contributed by atoms with Gasteiger partial charge in [0.05, 0.1) is 12.3 Å². The molecule has 0 bridgehead atoms. The molecule has 0 aliphatic carbocycles. The fraction of sp³-hybridized carbons (Fsp3) is 0.462. The van der Waals surface area contributed by atoms with E-state index in [9.17, 15) is 14.3 Å². The average Bonchev–Trinajstić information content (AvgIpc) is 2.79. The molecule has 0 spiro atoms. The van der Waals surface area contributed by atoms with Gasteiger partial charge in [-0.05, 0) is 18.6 Å². The van der Waals surface area contributed by atoms with Crippen molar-refractivity contribution in [2.45, 2.75) is 6.42 Å². The number of halogens is 1. The van der Waals surface area contributed by atoms with Crippen molar-refractivity contribution in [3.63, 3.8) is 0 Å². The topological polar surface area (TPSA) is 49.8 Å². The molecule has 1 fully saturated rings. The van der Waals surface area contributed by atoms with E-state index in [1.807, 2.05) is 0 Å². The molecule has 1 aromatic rings. The number of benzene rings is 1. The summed E-state index contributed by atoms with van der Waals surface area (Å²) in [5.41, 5.74) is -0.526. The zero-order valence-electron chi connectivity index (χ0n) is 10.2. The van der Waals surface area contributed by atoms with Crippen molar-refractivity contribution in [1.29, 1.82) is 0 Å². The molecule has 0 saturated carbocycles. The molecule has 1 aliphatic heterocycles. The van der Waals surface area contributed by atoms with Crippen molar-refractivity contribution in [3.05, 3.63) is 30.1 Å². The zero-order chi connectivity index (χ0) is 13.2. The number of carboxylic acids is 1. The third kappa shape index (κ3) is 2.31. The van der Waals surface area contributed by atoms with Crippen molar-refractivity contribution in [3.8, 4) is 0 Å². The first-order chi connectivity index (χ1) is 8.55. The number of hydrogen-bond donors (Lipinski definition) is 1. The van der Waals surface area contributed by atoms with E-state index in [1.165, 1.54) is 6.07 Å². The molecule has 4 nitrogen and oxygen atoms in total. The van der Waals surface area contributed by atoms with Crippen LogP contribution in [0.4, 0.5) is 10.1 Å². The second-order valence-electron chi connectivity index (χ2n) is 4.70. The normalized spacial score (nSPS) is 23.0. The molecular weight excluding hydrogens is 237 g/mol. The van der Waals surface area contributed by atoms with Gasteiger partial charge in [0, 0.05) is 20.2 Å². The Hall–Kier alpha value is -1.62. The van der Waals surface area contributed by atoms with E-state index < -0.39 is 11.4 Å². The first-order valence-corrected chi connectivity index (χ1v) is 5.82. The van der Waals surface area contributed by atoms with Gasteiger partial charge in [-0.3, -0.25) is 4.79 Å². The van der Waals surface area contributed by atoms with Crippen LogP contribution in [0.1, 0.15) is 6.42 Å². The molecule has 1 N–H and O–H groups in total. The monoisotopic (exact) mass is 253 g/mol. The smallest absolute Gasteiger partial charge is 0.313 e. The quantitative estimate of drug-likeness (QED) is 0.888. The molecular formula is C13H16FNO3. The summed E-state index contributed by atoms with van der Waals surface area (Å²) in [5, 5.41) is 9.33. The lowest BCUT2D eigenvalue weighted by Crippen LogP contribution is -2.42. The SMILES string of the molecule is CN(CC1(C(=O)O)CCOC1)c1ccccc1F. The molecule has 1 atom stereocenters. The highest BCUT2D eigenvalue weighted by molar-refractivity contribution is 5.76. The highest BCUT2D eigenvalue weighted by Gasteiger charge is 2.43. The van der Waals surface area contributed by atoms with Crippen molar-refractivity contribution in [1.82, 2.24) is 0 Å². The van der Waals surface area contributed by atoms with Crippen LogP contribution in [0.2, 0.25) is 0 Å². The Morgan fingerprint density at radius 3 is 2.83 bits per heavy atom. The maximum atomic E-state index is 13.6. The maximum absolute atomic E-state index is 13.6. The van der Waals surface area contributed by atoms with Crippen molar-refractivity contribution in [2.75, 3.05) is 31.7 Å². The van der Waals surface area contributed by atoms with E-state index in [0.717, 1.165) is 0 Å². The van der Waals surface area contributed by atoms with Gasteiger partial charge in [0.15, 0.2) is 0 Å². The van der Waals surface area contributed by atoms with Gasteiger partial charge in [-0.25, -0.2) is 4.39 Å². The van der Waals surface area contributed by atoms with Gasteiger partial charge in [0.25, 0.3) is 0 Å². The number of rotatable bonds is 4. The van der Waals surface area contributed by atoms with Crippen LogP contribution in [0.3, 0.4) is 0 Å². The summed E-state index contributed by atoms with van der Waals surface area (Å²) in [7, 11) is 1.70. The number of ether oxygens (including phenoxy) is 1. The van der Waals surface area contributed by atoms with Gasteiger partial charge in [0.2, 0.25) is 0 Å². The summed E-state index contributed by atoms with van der Waals surface area (Å²) in [6, 6.07) is 6.34. The molecule has 1 heterocycles. The first kappa shape index (κ1) is 12.8. The lowest BCUT2D eigenvalue weighted by molar-refractivity contribution is -0.148. The standard InChI is InChI=1S/C13H16FNO3/c1-15(11-5-3-2-4-10(11)14)8-13(12(16)17)6-7-18-9-13/h2-5H,6-9H2,1H3,(H,16,17). The lowest BCUT2D eigenvalue weighted by atomic mass is 9.87. The minimum Gasteiger partial charge on any atom is -0.481 e. The van der Waals surface area contributed by atoms with Gasteiger partial charge in [-0.2, -0.15) is 0 Å². The van der Waals surface area contributed by atoms with E-state index in [1.54, 1.807) is 30.1 Å². The molecule has 98 valence electrons. The molecule has 1 aliphatic rings. The number of anilines is 1. The molecule has 5 heteroatoms. The van der Waals surface area contributed by atoms with Crippen molar-refractivity contribution >= 4 is 11.7 Å². The maximum Gasteiger partial charge on any atom is 0.313 e. The zero-order valence-corrected chi connectivity index (χ0v) is 10.2. The Balaban J connectivity index is 2.18. The van der Waals surface area contributed by atoms with Gasteiger partial charge in [0.1, 0.15) is 11.2 Å². The Morgan fingerprint density at radius 1 is 1.56 bits per heavy atom. The van der Waals surface area contributed by atoms with Gasteiger partial charge >= 0.3 is 5.97 Å². The van der Waals surface area contributed by atoms with Crippen LogP contribution < -0.4 is 4.90 Å². The third-order valence-electron chi connectivity index (χ3n) is 3.36. The lowest BCUT2D eigenvalue weighted by Gasteiger charge is -2.29. The van der Waals surface area contributed by atoms with Gasteiger partial charge < -0.3 is 14.7 Å². The van der Waals surface area contributed by atoms with E-state index in [0.29, 0.717) is 18.7 Å². The number of hydrogen-bond acceptors (Lipinski definition) is 3. The number of para-hydroxylation sites is 1. The number of carbonyl (C=O) groups is 1. The average molecular weight is 253 g/mol. The second kappa shape index (κ2) is 4.94. The van der Waals surface area contributed by atoms with Crippen LogP contribution >= 0.6 is 0 Å². The molecule has 1 saturated heterocycles. The van der Waals surface area contributed by atoms with Crippen LogP contribution in [0.15, 0.2) is 24.3 Å². The van der Waals surface area contributed by atoms with Crippen LogP contribution in [0, 0.1) is 11.2 Å². The van der Waals surface area contributed by atoms with Crippen LogP contribution in [0.25, 0.3) is 0 Å². The largest absolute Gasteiger partial charge is 0.481 e. The van der Waals surface area contributed by atoms with Crippen LogP contribution in [0.5, 0.6) is 0 Å². The molecule has 0 aromatic heterocycles. The fourth-order valence-corrected chi connectivity index (χ4v) is 2.27. The molecule has 18 heavy (non-hydrogen) atoms. The third-order valence-corrected chi connectivity index (χ3v) is 3.36. The second-order valence-corrected chi connectivity index (χ2v) is 4.70. The minimum atomic E-state index is -0.934. The van der Waals surface area contributed by atoms with E-state index >= 15 is 0 Å². The van der Waals surface area contributed by atoms with Crippen molar-refractivity contribution < 1.29 is 19.0 Å². The first-order valence-electron chi connectivity index (χ1n) is 5.82. The number of carboxylic acid groups (broad SMARTS) is 1. The predicted octanol–water partition coefficient (Wildman–Crippen LogP) is 1.75. The van der Waals surface area contributed by atoms with E-state index in [2.05, 4.69) is 0 Å². The summed E-state index contributed by atoms with van der Waals surface area (Å²) in [6.07, 6.45) is 0.459. The summed E-state index contributed by atoms with van der Waals surface area (Å²) in [4.78, 5) is 13.0. The minimum absolute atomic E-state index is 0.182. The Morgan fingerprint density at radius 2 is 2.28 bits per heavy atom. The fourth-order valence-electron chi connectivity index (χ4n) is 2.27. The Kier molecular flexibility index (Phi) is 3.52. The summed E-state index contributed by atoms with van der Waals surface area (Å²) in [6.45, 7) is 0.863. The van der Waals surface area contributed by atoms with E-state index in [-0.39, 0.29) is 19.0 Å².